The lowest BCUT2D eigenvalue weighted by Crippen LogP contribution is -2.31. The van der Waals surface area contributed by atoms with Crippen molar-refractivity contribution < 1.29 is 4.79 Å². The Balaban J connectivity index is 1.55. The lowest BCUT2D eigenvalue weighted by atomic mass is 10.0. The SMILES string of the molecule is Cc1cccnc1C(NC(=O)c1cc(-c2ccccn2)n[nH]1)C1CC1. The van der Waals surface area contributed by atoms with Gasteiger partial charge in [0.25, 0.3) is 5.91 Å². The molecule has 1 fully saturated rings. The second kappa shape index (κ2) is 6.47. The van der Waals surface area contributed by atoms with Gasteiger partial charge in [0, 0.05) is 12.4 Å². The predicted octanol–water partition coefficient (Wildman–Crippen LogP) is 3.06. The topological polar surface area (TPSA) is 83.6 Å². The van der Waals surface area contributed by atoms with Crippen molar-refractivity contribution >= 4 is 5.91 Å². The summed E-state index contributed by atoms with van der Waals surface area (Å²) in [7, 11) is 0. The fraction of sp³-hybridized carbons (Fsp3) is 0.263. The summed E-state index contributed by atoms with van der Waals surface area (Å²) in [4.78, 5) is 21.4. The molecule has 126 valence electrons. The number of amides is 1. The van der Waals surface area contributed by atoms with Crippen LogP contribution < -0.4 is 5.32 Å². The number of aromatic amines is 1. The number of H-pyrrole nitrogens is 1. The van der Waals surface area contributed by atoms with Gasteiger partial charge in [0.05, 0.1) is 17.4 Å². The van der Waals surface area contributed by atoms with Crippen LogP contribution in [0.4, 0.5) is 0 Å². The van der Waals surface area contributed by atoms with Crippen LogP contribution in [-0.4, -0.2) is 26.1 Å². The molecular weight excluding hydrogens is 314 g/mol. The summed E-state index contributed by atoms with van der Waals surface area (Å²) in [6.45, 7) is 2.03. The van der Waals surface area contributed by atoms with Crippen LogP contribution in [0, 0.1) is 12.8 Å². The first-order valence-electron chi connectivity index (χ1n) is 8.41. The zero-order valence-electron chi connectivity index (χ0n) is 13.9. The second-order valence-electron chi connectivity index (χ2n) is 6.38. The lowest BCUT2D eigenvalue weighted by Gasteiger charge is -2.19. The number of pyridine rings is 2. The van der Waals surface area contributed by atoms with E-state index in [1.165, 1.54) is 0 Å². The van der Waals surface area contributed by atoms with E-state index in [9.17, 15) is 4.79 Å². The summed E-state index contributed by atoms with van der Waals surface area (Å²) < 4.78 is 0. The molecule has 0 bridgehead atoms. The normalized spacial score (nSPS) is 14.9. The van der Waals surface area contributed by atoms with Crippen LogP contribution in [0.5, 0.6) is 0 Å². The fourth-order valence-electron chi connectivity index (χ4n) is 2.97. The Hall–Kier alpha value is -3.02. The molecule has 3 aromatic rings. The second-order valence-corrected chi connectivity index (χ2v) is 6.38. The highest BCUT2D eigenvalue weighted by atomic mass is 16.2. The molecule has 6 nitrogen and oxygen atoms in total. The molecule has 0 radical (unpaired) electrons. The van der Waals surface area contributed by atoms with Gasteiger partial charge in [0.15, 0.2) is 0 Å². The molecule has 1 amide bonds. The van der Waals surface area contributed by atoms with E-state index < -0.39 is 0 Å². The van der Waals surface area contributed by atoms with Gasteiger partial charge in [-0.05, 0) is 55.5 Å². The quantitative estimate of drug-likeness (QED) is 0.751. The molecule has 0 aromatic carbocycles. The van der Waals surface area contributed by atoms with Crippen LogP contribution in [-0.2, 0) is 0 Å². The molecular formula is C19H19N5O. The molecule has 0 aliphatic heterocycles. The average molecular weight is 333 g/mol. The number of hydrogen-bond donors (Lipinski definition) is 2. The maximum atomic E-state index is 12.7. The maximum Gasteiger partial charge on any atom is 0.269 e. The molecule has 1 atom stereocenters. The van der Waals surface area contributed by atoms with Gasteiger partial charge in [-0.25, -0.2) is 0 Å². The molecule has 6 heteroatoms. The highest BCUT2D eigenvalue weighted by molar-refractivity contribution is 5.93. The molecule has 1 unspecified atom stereocenters. The van der Waals surface area contributed by atoms with Crippen molar-refractivity contribution in [3.63, 3.8) is 0 Å². The third-order valence-corrected chi connectivity index (χ3v) is 4.47. The van der Waals surface area contributed by atoms with Crippen molar-refractivity contribution in [2.24, 2.45) is 5.92 Å². The number of nitrogens with one attached hydrogen (secondary N) is 2. The van der Waals surface area contributed by atoms with E-state index in [0.29, 0.717) is 17.3 Å². The molecule has 0 spiro atoms. The van der Waals surface area contributed by atoms with Gasteiger partial charge in [-0.1, -0.05) is 12.1 Å². The summed E-state index contributed by atoms with van der Waals surface area (Å²) in [5.74, 6) is 0.285. The van der Waals surface area contributed by atoms with Crippen LogP contribution in [0.1, 0.15) is 40.6 Å². The van der Waals surface area contributed by atoms with Crippen LogP contribution in [0.3, 0.4) is 0 Å². The van der Waals surface area contributed by atoms with Gasteiger partial charge in [-0.15, -0.1) is 0 Å². The van der Waals surface area contributed by atoms with E-state index in [1.54, 1.807) is 18.5 Å². The lowest BCUT2D eigenvalue weighted by molar-refractivity contribution is 0.0925. The van der Waals surface area contributed by atoms with Gasteiger partial charge >= 0.3 is 0 Å². The summed E-state index contributed by atoms with van der Waals surface area (Å²) in [5.41, 5.74) is 3.86. The molecule has 4 rings (SSSR count). The maximum absolute atomic E-state index is 12.7. The Kier molecular flexibility index (Phi) is 4.01. The molecule has 1 aliphatic carbocycles. The third kappa shape index (κ3) is 3.28. The van der Waals surface area contributed by atoms with Crippen molar-refractivity contribution in [2.45, 2.75) is 25.8 Å². The number of hydrogen-bond acceptors (Lipinski definition) is 4. The Labute approximate surface area is 145 Å². The molecule has 3 heterocycles. The van der Waals surface area contributed by atoms with Gasteiger partial charge < -0.3 is 5.32 Å². The van der Waals surface area contributed by atoms with Crippen molar-refractivity contribution in [1.29, 1.82) is 0 Å². The van der Waals surface area contributed by atoms with Gasteiger partial charge in [0.1, 0.15) is 11.4 Å². The zero-order valence-corrected chi connectivity index (χ0v) is 13.9. The summed E-state index contributed by atoms with van der Waals surface area (Å²) in [5, 5.41) is 10.1. The Morgan fingerprint density at radius 1 is 1.16 bits per heavy atom. The summed E-state index contributed by atoms with van der Waals surface area (Å²) in [6.07, 6.45) is 5.71. The highest BCUT2D eigenvalue weighted by Gasteiger charge is 2.35. The standard InChI is InChI=1S/C19H19N5O/c1-12-5-4-10-21-17(12)18(13-7-8-13)22-19(25)16-11-15(23-24-16)14-6-2-3-9-20-14/h2-6,9-11,13,18H,7-8H2,1H3,(H,22,25)(H,23,24). The van der Waals surface area contributed by atoms with Crippen molar-refractivity contribution in [3.05, 3.63) is 65.7 Å². The van der Waals surface area contributed by atoms with E-state index in [4.69, 9.17) is 0 Å². The fourth-order valence-corrected chi connectivity index (χ4v) is 2.97. The number of aryl methyl sites for hydroxylation is 1. The van der Waals surface area contributed by atoms with Crippen molar-refractivity contribution in [2.75, 3.05) is 0 Å². The third-order valence-electron chi connectivity index (χ3n) is 4.47. The minimum absolute atomic E-state index is 0.0599. The zero-order chi connectivity index (χ0) is 17.2. The minimum atomic E-state index is -0.170. The number of carbonyl (C=O) groups excluding carboxylic acids is 1. The number of nitrogens with zero attached hydrogens (tertiary/aromatic N) is 3. The Morgan fingerprint density at radius 3 is 2.72 bits per heavy atom. The van der Waals surface area contributed by atoms with Crippen LogP contribution >= 0.6 is 0 Å². The molecule has 2 N–H and O–H groups in total. The Bertz CT molecular complexity index is 886. The monoisotopic (exact) mass is 333 g/mol. The smallest absolute Gasteiger partial charge is 0.269 e. The molecule has 3 aromatic heterocycles. The van der Waals surface area contributed by atoms with E-state index in [2.05, 4.69) is 25.5 Å². The van der Waals surface area contributed by atoms with Crippen molar-refractivity contribution in [1.82, 2.24) is 25.5 Å². The summed E-state index contributed by atoms with van der Waals surface area (Å²) in [6, 6.07) is 11.2. The van der Waals surface area contributed by atoms with E-state index in [0.717, 1.165) is 29.8 Å². The first kappa shape index (κ1) is 15.5. The predicted molar refractivity (Wildman–Crippen MR) is 93.7 cm³/mol. The van der Waals surface area contributed by atoms with E-state index in [-0.39, 0.29) is 11.9 Å². The van der Waals surface area contributed by atoms with Gasteiger partial charge in [0.2, 0.25) is 0 Å². The molecule has 1 aliphatic rings. The van der Waals surface area contributed by atoms with Crippen LogP contribution in [0.15, 0.2) is 48.8 Å². The number of rotatable bonds is 5. The molecule has 1 saturated carbocycles. The number of aromatic nitrogens is 4. The number of carbonyl (C=O) groups is 1. The first-order valence-corrected chi connectivity index (χ1v) is 8.41. The largest absolute Gasteiger partial charge is 0.342 e. The minimum Gasteiger partial charge on any atom is -0.342 e. The molecule has 0 saturated heterocycles. The van der Waals surface area contributed by atoms with Gasteiger partial charge in [-0.3, -0.25) is 19.9 Å². The summed E-state index contributed by atoms with van der Waals surface area (Å²) >= 11 is 0. The first-order chi connectivity index (χ1) is 12.2. The molecule has 25 heavy (non-hydrogen) atoms. The van der Waals surface area contributed by atoms with Crippen LogP contribution in [0.2, 0.25) is 0 Å². The highest BCUT2D eigenvalue weighted by Crippen LogP contribution is 2.41. The average Bonchev–Trinajstić information content (AvgIpc) is 3.36. The Morgan fingerprint density at radius 2 is 2.00 bits per heavy atom. The van der Waals surface area contributed by atoms with E-state index >= 15 is 0 Å². The van der Waals surface area contributed by atoms with Gasteiger partial charge in [-0.2, -0.15) is 5.10 Å². The van der Waals surface area contributed by atoms with Crippen molar-refractivity contribution in [3.8, 4) is 11.4 Å². The van der Waals surface area contributed by atoms with Crippen LogP contribution in [0.25, 0.3) is 11.4 Å². The van der Waals surface area contributed by atoms with E-state index in [1.807, 2.05) is 37.3 Å².